The molecule has 106 valence electrons. The zero-order chi connectivity index (χ0) is 14.6. The van der Waals surface area contributed by atoms with Crippen LogP contribution in [0.4, 0.5) is 13.2 Å². The van der Waals surface area contributed by atoms with Gasteiger partial charge in [0.15, 0.2) is 5.75 Å². The van der Waals surface area contributed by atoms with Crippen LogP contribution in [0.2, 0.25) is 0 Å². The average molecular weight is 375 g/mol. The molecule has 0 aromatic heterocycles. The molecule has 2 nitrogen and oxygen atoms in total. The molecule has 19 heavy (non-hydrogen) atoms. The molecule has 0 aliphatic carbocycles. The second-order valence-corrected chi connectivity index (χ2v) is 6.64. The van der Waals surface area contributed by atoms with Crippen LogP contribution in [0.25, 0.3) is 6.08 Å². The highest BCUT2D eigenvalue weighted by Gasteiger charge is 2.32. The molecule has 0 aliphatic heterocycles. The molecule has 0 radical (unpaired) electrons. The van der Waals surface area contributed by atoms with E-state index >= 15 is 0 Å². The second-order valence-electron chi connectivity index (χ2n) is 3.33. The number of alkyl halides is 3. The molecule has 0 heterocycles. The van der Waals surface area contributed by atoms with E-state index in [0.29, 0.717) is 4.24 Å². The lowest BCUT2D eigenvalue weighted by molar-refractivity contribution is -0.275. The lowest BCUT2D eigenvalue weighted by atomic mass is 10.2. The Balaban J connectivity index is 3.28. The molecular weight excluding hydrogens is 365 g/mol. The standard InChI is InChI=1S/C11H10BrF3O2S2/c1-18-9(19(2)16)6-7-4-3-5-8(12)10(7)17-11(13,14)15/h3-6H,1-2H3/b9-6+. The van der Waals surface area contributed by atoms with Crippen molar-refractivity contribution in [1.29, 1.82) is 0 Å². The fraction of sp³-hybridized carbons (Fsp3) is 0.273. The third kappa shape index (κ3) is 5.19. The summed E-state index contributed by atoms with van der Waals surface area (Å²) in [6.07, 6.45) is -0.190. The van der Waals surface area contributed by atoms with Gasteiger partial charge in [-0.2, -0.15) is 0 Å². The first kappa shape index (κ1) is 16.6. The van der Waals surface area contributed by atoms with Crippen LogP contribution >= 0.6 is 27.7 Å². The molecule has 0 saturated heterocycles. The minimum atomic E-state index is -4.78. The van der Waals surface area contributed by atoms with Gasteiger partial charge in [0.2, 0.25) is 0 Å². The molecule has 0 amide bonds. The van der Waals surface area contributed by atoms with Gasteiger partial charge in [-0.15, -0.1) is 24.9 Å². The largest absolute Gasteiger partial charge is 0.573 e. The Hall–Kier alpha value is -0.470. The summed E-state index contributed by atoms with van der Waals surface area (Å²) < 4.78 is 53.1. The highest BCUT2D eigenvalue weighted by Crippen LogP contribution is 2.35. The van der Waals surface area contributed by atoms with Crippen LogP contribution in [0, 0.1) is 0 Å². The van der Waals surface area contributed by atoms with Gasteiger partial charge < -0.3 is 4.74 Å². The summed E-state index contributed by atoms with van der Waals surface area (Å²) in [5.74, 6) is -0.341. The van der Waals surface area contributed by atoms with Gasteiger partial charge >= 0.3 is 6.36 Å². The highest BCUT2D eigenvalue weighted by molar-refractivity contribution is 9.10. The average Bonchev–Trinajstić information content (AvgIpc) is 2.28. The van der Waals surface area contributed by atoms with Gasteiger partial charge in [-0.3, -0.25) is 4.21 Å². The van der Waals surface area contributed by atoms with E-state index in [1.54, 1.807) is 12.3 Å². The minimum Gasteiger partial charge on any atom is -0.404 e. The summed E-state index contributed by atoms with van der Waals surface area (Å²) >= 11 is 4.23. The molecule has 1 aromatic rings. The van der Waals surface area contributed by atoms with E-state index < -0.39 is 17.2 Å². The van der Waals surface area contributed by atoms with Gasteiger partial charge in [-0.25, -0.2) is 0 Å². The van der Waals surface area contributed by atoms with Crippen LogP contribution in [-0.2, 0) is 10.8 Å². The van der Waals surface area contributed by atoms with E-state index in [1.807, 2.05) is 0 Å². The monoisotopic (exact) mass is 374 g/mol. The normalized spacial score (nSPS) is 14.3. The van der Waals surface area contributed by atoms with Gasteiger partial charge in [0.05, 0.1) is 19.5 Å². The van der Waals surface area contributed by atoms with E-state index in [1.165, 1.54) is 36.2 Å². The van der Waals surface area contributed by atoms with E-state index in [2.05, 4.69) is 20.7 Å². The molecule has 0 spiro atoms. The van der Waals surface area contributed by atoms with Gasteiger partial charge in [0, 0.05) is 11.8 Å². The number of ether oxygens (including phenoxy) is 1. The third-order valence-electron chi connectivity index (χ3n) is 1.97. The summed E-state index contributed by atoms with van der Waals surface area (Å²) in [5, 5.41) is 0. The Kier molecular flexibility index (Phi) is 5.94. The molecule has 1 aromatic carbocycles. The van der Waals surface area contributed by atoms with Crippen LogP contribution in [-0.4, -0.2) is 23.1 Å². The van der Waals surface area contributed by atoms with Crippen molar-refractivity contribution in [2.24, 2.45) is 0 Å². The van der Waals surface area contributed by atoms with Crippen molar-refractivity contribution in [2.75, 3.05) is 12.5 Å². The number of thioether (sulfide) groups is 1. The van der Waals surface area contributed by atoms with E-state index in [9.17, 15) is 17.4 Å². The number of hydrogen-bond donors (Lipinski definition) is 0. The Morgan fingerprint density at radius 2 is 2.11 bits per heavy atom. The van der Waals surface area contributed by atoms with E-state index in [-0.39, 0.29) is 15.8 Å². The van der Waals surface area contributed by atoms with Crippen molar-refractivity contribution in [3.63, 3.8) is 0 Å². The molecule has 8 heteroatoms. The van der Waals surface area contributed by atoms with Crippen LogP contribution in [0.3, 0.4) is 0 Å². The van der Waals surface area contributed by atoms with Crippen molar-refractivity contribution in [2.45, 2.75) is 6.36 Å². The SMILES string of the molecule is CS/C(=C\c1cccc(Br)c1OC(F)(F)F)S(C)=O. The van der Waals surface area contributed by atoms with Crippen molar-refractivity contribution >= 4 is 44.6 Å². The zero-order valence-corrected chi connectivity index (χ0v) is 13.2. The maximum absolute atomic E-state index is 12.4. The first-order chi connectivity index (χ1) is 8.74. The van der Waals surface area contributed by atoms with Gasteiger partial charge in [-0.05, 0) is 34.3 Å². The molecule has 0 bridgehead atoms. The lowest BCUT2D eigenvalue weighted by Gasteiger charge is -2.13. The summed E-state index contributed by atoms with van der Waals surface area (Å²) in [4.78, 5) is 0. The van der Waals surface area contributed by atoms with Crippen LogP contribution in [0.15, 0.2) is 26.9 Å². The van der Waals surface area contributed by atoms with Crippen LogP contribution < -0.4 is 4.74 Å². The number of para-hydroxylation sites is 1. The maximum Gasteiger partial charge on any atom is 0.573 e. The second kappa shape index (κ2) is 6.81. The van der Waals surface area contributed by atoms with Gasteiger partial charge in [0.1, 0.15) is 0 Å². The Morgan fingerprint density at radius 1 is 1.47 bits per heavy atom. The van der Waals surface area contributed by atoms with E-state index in [4.69, 9.17) is 0 Å². The summed E-state index contributed by atoms with van der Waals surface area (Å²) in [5.41, 5.74) is 0.214. The predicted molar refractivity (Wildman–Crippen MR) is 76.4 cm³/mol. The van der Waals surface area contributed by atoms with Crippen LogP contribution in [0.1, 0.15) is 5.56 Å². The van der Waals surface area contributed by atoms with E-state index in [0.717, 1.165) is 0 Å². The maximum atomic E-state index is 12.4. The molecule has 1 rings (SSSR count). The van der Waals surface area contributed by atoms with Crippen molar-refractivity contribution in [3.05, 3.63) is 32.5 Å². The van der Waals surface area contributed by atoms with Crippen molar-refractivity contribution in [3.8, 4) is 5.75 Å². The molecule has 0 N–H and O–H groups in total. The summed E-state index contributed by atoms with van der Waals surface area (Å²) in [6.45, 7) is 0. The molecule has 1 atom stereocenters. The molecule has 0 aliphatic rings. The number of hydrogen-bond acceptors (Lipinski definition) is 3. The molecule has 0 fully saturated rings. The Morgan fingerprint density at radius 3 is 2.58 bits per heavy atom. The van der Waals surface area contributed by atoms with Crippen molar-refractivity contribution in [1.82, 2.24) is 0 Å². The van der Waals surface area contributed by atoms with Gasteiger partial charge in [-0.1, -0.05) is 12.1 Å². The van der Waals surface area contributed by atoms with Gasteiger partial charge in [0.25, 0.3) is 0 Å². The quantitative estimate of drug-likeness (QED) is 0.781. The number of rotatable bonds is 4. The Bertz CT molecular complexity index is 515. The minimum absolute atomic E-state index is 0.181. The van der Waals surface area contributed by atoms with Crippen LogP contribution in [0.5, 0.6) is 5.75 Å². The lowest BCUT2D eigenvalue weighted by Crippen LogP contribution is -2.18. The zero-order valence-electron chi connectivity index (χ0n) is 9.95. The predicted octanol–water partition coefficient (Wildman–Crippen LogP) is 4.39. The smallest absolute Gasteiger partial charge is 0.404 e. The number of benzene rings is 1. The summed E-state index contributed by atoms with van der Waals surface area (Å²) in [6, 6.07) is 4.49. The molecule has 0 saturated carbocycles. The summed E-state index contributed by atoms with van der Waals surface area (Å²) in [7, 11) is -1.27. The number of halogens is 4. The fourth-order valence-corrected chi connectivity index (χ4v) is 3.19. The first-order valence-electron chi connectivity index (χ1n) is 4.88. The third-order valence-corrected chi connectivity index (χ3v) is 5.01. The molecule has 1 unspecified atom stereocenters. The topological polar surface area (TPSA) is 26.3 Å². The first-order valence-corrected chi connectivity index (χ1v) is 8.45. The van der Waals surface area contributed by atoms with Crippen molar-refractivity contribution < 1.29 is 22.1 Å². The Labute approximate surface area is 124 Å². The highest BCUT2D eigenvalue weighted by atomic mass is 79.9. The molecular formula is C11H10BrF3O2S2. The fourth-order valence-electron chi connectivity index (χ4n) is 1.25.